The Morgan fingerprint density at radius 2 is 0.710 bits per heavy atom. The van der Waals surface area contributed by atoms with Gasteiger partial charge in [-0.3, -0.25) is 4.79 Å². The largest absolute Gasteiger partial charge is 1.00 e. The number of benzene rings is 12. The molecule has 22 heteroatoms. The Morgan fingerprint density at radius 3 is 1.05 bits per heavy atom. The van der Waals surface area contributed by atoms with E-state index in [-0.39, 0.29) is 67.6 Å². The molecule has 0 spiro atoms. The molecule has 0 unspecified atom stereocenters. The Hall–Kier alpha value is -6.24. The van der Waals surface area contributed by atoms with Gasteiger partial charge < -0.3 is 39.8 Å². The van der Waals surface area contributed by atoms with Crippen molar-refractivity contribution in [3.05, 3.63) is 352 Å². The van der Waals surface area contributed by atoms with E-state index in [1.54, 1.807) is 45.0 Å². The number of hydrogen-bond donors (Lipinski definition) is 2. The summed E-state index contributed by atoms with van der Waals surface area (Å²) in [5, 5.41) is 33.5. The number of nitriles is 2. The summed E-state index contributed by atoms with van der Waals surface area (Å²) in [4.78, 5) is 26.9. The molecule has 5 aliphatic rings. The first-order valence-electron chi connectivity index (χ1n) is 42.8. The number of carbonyl (C=O) groups excluding carboxylic acids is 3. The third-order valence-corrected chi connectivity index (χ3v) is 30.3. The summed E-state index contributed by atoms with van der Waals surface area (Å²) in [5.41, 5.74) is 29.3. The van der Waals surface area contributed by atoms with Gasteiger partial charge in [0.15, 0.2) is 0 Å². The summed E-state index contributed by atoms with van der Waals surface area (Å²) in [6, 6.07) is 91.2. The molecule has 3 aliphatic carbocycles. The van der Waals surface area contributed by atoms with Gasteiger partial charge in [-0.15, -0.1) is 5.60 Å². The maximum atomic E-state index is 11.5. The van der Waals surface area contributed by atoms with Gasteiger partial charge in [0.25, 0.3) is 0 Å². The fourth-order valence-corrected chi connectivity index (χ4v) is 20.3. The fourth-order valence-electron chi connectivity index (χ4n) is 14.5. The minimum absolute atomic E-state index is 0. The summed E-state index contributed by atoms with van der Waals surface area (Å²) in [6.45, 7) is 44.3. The van der Waals surface area contributed by atoms with E-state index in [1.165, 1.54) is 122 Å². The molecule has 2 heterocycles. The van der Waals surface area contributed by atoms with Gasteiger partial charge in [-0.2, -0.15) is 10.5 Å². The molecular formula is C109H121Br6IKN4O7PSi2. The van der Waals surface area contributed by atoms with Gasteiger partial charge in [0, 0.05) is 102 Å². The molecule has 2 fully saturated rings. The zero-order valence-electron chi connectivity index (χ0n) is 78.7. The van der Waals surface area contributed by atoms with Crippen molar-refractivity contribution < 1.29 is 84.9 Å². The molecule has 3 N–H and O–H groups in total. The predicted octanol–water partition coefficient (Wildman–Crippen LogP) is 27.5. The second kappa shape index (κ2) is 54.6. The second-order valence-electron chi connectivity index (χ2n) is 36.5. The Morgan fingerprint density at radius 1 is 0.435 bits per heavy atom. The second-order valence-corrected chi connectivity index (χ2v) is 56.8. The monoisotopic (exact) mass is 2320 g/mol. The minimum Gasteiger partial charge on any atom is -0.850 e. The molecule has 0 bridgehead atoms. The van der Waals surface area contributed by atoms with E-state index in [1.807, 2.05) is 93.6 Å². The van der Waals surface area contributed by atoms with Crippen molar-refractivity contribution in [3.8, 4) is 45.5 Å². The van der Waals surface area contributed by atoms with Crippen LogP contribution in [0, 0.1) is 26.2 Å². The van der Waals surface area contributed by atoms with Gasteiger partial charge in [-0.25, -0.2) is 0 Å². The van der Waals surface area contributed by atoms with E-state index >= 15 is 0 Å². The molecule has 2 aliphatic heterocycles. The number of rotatable bonds is 9. The van der Waals surface area contributed by atoms with Crippen LogP contribution in [-0.2, 0) is 46.0 Å². The van der Waals surface area contributed by atoms with E-state index in [2.05, 4.69) is 392 Å². The van der Waals surface area contributed by atoms with Crippen LogP contribution in [0.5, 0.6) is 0 Å². The normalized spacial score (nSPS) is 13.4. The van der Waals surface area contributed by atoms with Crippen molar-refractivity contribution in [2.24, 2.45) is 0 Å². The summed E-state index contributed by atoms with van der Waals surface area (Å²) < 4.78 is 29.4. The minimum atomic E-state index is -1.92. The van der Waals surface area contributed by atoms with Crippen LogP contribution >= 0.6 is 125 Å². The van der Waals surface area contributed by atoms with Crippen LogP contribution in [0.25, 0.3) is 45.5 Å². The number of hydrogen-bond acceptors (Lipinski definition) is 11. The molecule has 0 atom stereocenters. The average molecular weight is 2330 g/mol. The first-order chi connectivity index (χ1) is 61.3. The third kappa shape index (κ3) is 37.3. The van der Waals surface area contributed by atoms with E-state index in [9.17, 15) is 14.5 Å². The van der Waals surface area contributed by atoms with Gasteiger partial charge in [0.05, 0.1) is 46.6 Å². The molecule has 12 aromatic carbocycles. The van der Waals surface area contributed by atoms with Crippen LogP contribution in [-0.4, -0.2) is 81.4 Å². The molecule has 0 radical (unpaired) electrons. The quantitative estimate of drug-likeness (QED) is 0.0348. The van der Waals surface area contributed by atoms with Crippen molar-refractivity contribution in [2.75, 3.05) is 50.8 Å². The van der Waals surface area contributed by atoms with E-state index < -0.39 is 28.9 Å². The molecule has 12 aromatic rings. The van der Waals surface area contributed by atoms with Crippen molar-refractivity contribution in [3.63, 3.8) is 0 Å². The van der Waals surface area contributed by atoms with Crippen LogP contribution in [0.15, 0.2) is 282 Å². The van der Waals surface area contributed by atoms with Crippen molar-refractivity contribution in [2.45, 2.75) is 155 Å². The SMILES string of the molecule is C1CCOC1.C1CCOC1.C=O.C=O.CC(C)(C)[O-].CC1(C)c2cc(Br)ccc2-c2ccc(/C=C/c3ccc(Br)cc3)cc21.CC1(C)c2cc(Br)ccc2-c2ccc(C=O)cc21.CC1(C)c2cc(Br)ccc2-c2ccc(I)cc21.CP(C)(=O)Cc1ccc(Br)cc1.C[Si](C)(C)c1ccc(Br)cc1.C[Si](C)(C)c1ccc(Nc2ccc(C#N)cc2)cc1.N#Cc1ccc(N)cc1.[K+]. The zero-order chi connectivity index (χ0) is 96.5. The predicted molar refractivity (Wildman–Crippen MR) is 584 cm³/mol. The number of nitrogens with one attached hydrogen (secondary N) is 1. The maximum absolute atomic E-state index is 11.5. The zero-order valence-corrected chi connectivity index (χ0v) is 96.4. The van der Waals surface area contributed by atoms with E-state index in [4.69, 9.17) is 35.3 Å². The number of ether oxygens (including phenoxy) is 2. The first kappa shape index (κ1) is 115. The van der Waals surface area contributed by atoms with Crippen LogP contribution in [0.3, 0.4) is 0 Å². The van der Waals surface area contributed by atoms with Crippen LogP contribution in [0.1, 0.15) is 160 Å². The van der Waals surface area contributed by atoms with Gasteiger partial charge in [-0.05, 0) is 297 Å². The molecule has 682 valence electrons. The summed E-state index contributed by atoms with van der Waals surface area (Å²) in [5.74, 6) is 0. The Labute approximate surface area is 889 Å². The Balaban J connectivity index is 0.000000265. The standard InChI is InChI=1S/C23H18Br2.C16H13BrO.C16H18N2Si.C15H12BrI.C9H12BrOP.C9H13BrSi.C7H6N2.2C4H8O.C4H9O.2CH2O.K/c1-23(2)21-13-16(4-3-15-5-8-17(24)9-6-15)7-11-19(21)20-12-10-18(25)14-22(20)23;1-16(2)14-7-10(9-18)3-5-12(14)13-6-4-11(17)8-15(13)16;1-19(2,3)16-10-8-15(9-11-16)18-14-6-4-13(12-17)5-7-14;1-15(2)13-7-9(16)3-5-11(13)12-6-4-10(17)8-14(12)15;1-12(2,11)7-8-3-5-9(10)6-4-8;1-11(2,3)9-6-4-8(10)5-7-9;8-5-6-1-3-7(9)4-2-6;2*1-2-4-5-3-1;1-4(2,3)5;2*1-2;/h3-14H,1-2H3;3-9H,1-2H3;4-11,18H,1-3H3;3-8H,1-2H3;3-6H,7H2,1-2H3;4-7H,1-3H3;1-4H,9H2;2*1-4H2;1-3H3;2*1H2;/q;;;;;;;;;-1;;;+1/b4-3+;;;;;;;;;;;;. The maximum Gasteiger partial charge on any atom is 1.00 e. The number of anilines is 3. The van der Waals surface area contributed by atoms with Gasteiger partial charge >= 0.3 is 51.4 Å². The van der Waals surface area contributed by atoms with Crippen molar-refractivity contribution in [1.29, 1.82) is 10.5 Å². The molecule has 17 rings (SSSR count). The number of fused-ring (bicyclic) bond motifs is 9. The van der Waals surface area contributed by atoms with Gasteiger partial charge in [0.1, 0.15) is 19.9 Å². The summed E-state index contributed by atoms with van der Waals surface area (Å²) in [6.07, 6.45) is 11.1. The van der Waals surface area contributed by atoms with Gasteiger partial charge in [0.2, 0.25) is 0 Å². The van der Waals surface area contributed by atoms with Crippen molar-refractivity contribution in [1.82, 2.24) is 0 Å². The van der Waals surface area contributed by atoms with Crippen LogP contribution in [0.4, 0.5) is 17.1 Å². The smallest absolute Gasteiger partial charge is 0.850 e. The average Bonchev–Trinajstić information content (AvgIpc) is 1.58. The fraction of sp³-hybridized carbons (Fsp3) is 0.275. The number of nitrogen functional groups attached to an aromatic ring is 1. The molecule has 131 heavy (non-hydrogen) atoms. The Kier molecular flexibility index (Phi) is 48.1. The van der Waals surface area contributed by atoms with Crippen LogP contribution in [0.2, 0.25) is 39.3 Å². The van der Waals surface area contributed by atoms with Gasteiger partial charge in [-0.1, -0.05) is 323 Å². The summed E-state index contributed by atoms with van der Waals surface area (Å²) >= 11 is 23.4. The van der Waals surface area contributed by atoms with Crippen LogP contribution < -0.4 is 77.9 Å². The van der Waals surface area contributed by atoms with Crippen molar-refractivity contribution >= 4 is 201 Å². The Bertz CT molecular complexity index is 5750. The topological polar surface area (TPSA) is 195 Å². The molecule has 2 saturated heterocycles. The van der Waals surface area contributed by atoms with E-state index in [0.717, 1.165) is 77.6 Å². The number of carbonyl (C=O) groups is 3. The number of halogens is 7. The molecule has 0 amide bonds. The molecule has 0 aromatic heterocycles. The molecule has 0 saturated carbocycles. The molecular weight excluding hydrogens is 2210 g/mol. The third-order valence-electron chi connectivity index (χ3n) is 21.3. The molecule has 11 nitrogen and oxygen atoms in total. The number of nitrogens with zero attached hydrogens (tertiary/aromatic N) is 2. The first-order valence-corrected chi connectivity index (χ1v) is 58.4. The summed E-state index contributed by atoms with van der Waals surface area (Å²) in [7, 11) is -4.22. The number of aldehydes is 1. The van der Waals surface area contributed by atoms with E-state index in [0.29, 0.717) is 23.0 Å². The number of nitrogens with two attached hydrogens (primary N) is 1.